The summed E-state index contributed by atoms with van der Waals surface area (Å²) in [6, 6.07) is 9.49. The minimum atomic E-state index is -0.696. The fourth-order valence-electron chi connectivity index (χ4n) is 7.94. The molecule has 1 saturated heterocycles. The van der Waals surface area contributed by atoms with Gasteiger partial charge < -0.3 is 9.47 Å². The average molecular weight is 455 g/mol. The number of esters is 1. The lowest BCUT2D eigenvalue weighted by atomic mass is 9.39. The van der Waals surface area contributed by atoms with E-state index in [1.807, 2.05) is 30.3 Å². The van der Waals surface area contributed by atoms with Crippen LogP contribution in [0.4, 0.5) is 0 Å². The van der Waals surface area contributed by atoms with Crippen LogP contribution in [0.5, 0.6) is 0 Å². The molecule has 1 aromatic rings. The Balaban J connectivity index is 1.66. The maximum Gasteiger partial charge on any atom is 0.312 e. The van der Waals surface area contributed by atoms with Crippen molar-refractivity contribution in [1.29, 1.82) is 0 Å². The predicted molar refractivity (Wildman–Crippen MR) is 130 cm³/mol. The predicted octanol–water partition coefficient (Wildman–Crippen LogP) is 6.47. The van der Waals surface area contributed by atoms with Crippen LogP contribution in [-0.4, -0.2) is 31.1 Å². The summed E-state index contributed by atoms with van der Waals surface area (Å²) in [5.74, 6) is 0.858. The van der Waals surface area contributed by atoms with Gasteiger partial charge in [0.2, 0.25) is 0 Å². The van der Waals surface area contributed by atoms with Gasteiger partial charge in [0, 0.05) is 12.0 Å². The number of hydrogen-bond acceptors (Lipinski definition) is 4. The maximum absolute atomic E-state index is 13.5. The molecule has 1 aromatic carbocycles. The van der Waals surface area contributed by atoms with Gasteiger partial charge in [0.1, 0.15) is 0 Å². The molecule has 3 aliphatic rings. The minimum absolute atomic E-state index is 0.0213. The Hall–Kier alpha value is -1.68. The summed E-state index contributed by atoms with van der Waals surface area (Å²) < 4.78 is 12.1. The molecular formula is C29H42O4. The van der Waals surface area contributed by atoms with Crippen LogP contribution in [0.25, 0.3) is 0 Å². The van der Waals surface area contributed by atoms with Gasteiger partial charge in [-0.1, -0.05) is 58.0 Å². The van der Waals surface area contributed by atoms with E-state index >= 15 is 0 Å². The zero-order valence-corrected chi connectivity index (χ0v) is 21.4. The summed E-state index contributed by atoms with van der Waals surface area (Å²) in [4.78, 5) is 26.7. The normalized spacial score (nSPS) is 40.6. The molecule has 3 fully saturated rings. The van der Waals surface area contributed by atoms with Crippen LogP contribution in [0.15, 0.2) is 30.3 Å². The van der Waals surface area contributed by atoms with Crippen molar-refractivity contribution in [1.82, 2.24) is 0 Å². The fraction of sp³-hybridized carbons (Fsp3) is 0.724. The number of ether oxygens (including phenoxy) is 2. The molecule has 0 amide bonds. The standard InChI is InChI=1S/C29H42O4/c1-19(2)23-14-16-27(3)24-13-12-21(18-22(30)20-10-8-7-9-11-20)29(5,26(31)32-6)28(24,4)17-15-25(27)33-23/h7-11,19,21,23-25H,12-18H2,1-6H3. The third-order valence-electron chi connectivity index (χ3n) is 10.2. The van der Waals surface area contributed by atoms with Crippen LogP contribution in [0.2, 0.25) is 0 Å². The van der Waals surface area contributed by atoms with Crippen LogP contribution in [0, 0.1) is 34.0 Å². The number of methoxy groups -OCH3 is 1. The molecule has 0 bridgehead atoms. The Morgan fingerprint density at radius 3 is 2.36 bits per heavy atom. The van der Waals surface area contributed by atoms with Crippen molar-refractivity contribution in [3.63, 3.8) is 0 Å². The van der Waals surface area contributed by atoms with Gasteiger partial charge in [-0.25, -0.2) is 0 Å². The van der Waals surface area contributed by atoms with Crippen molar-refractivity contribution in [2.75, 3.05) is 7.11 Å². The lowest BCUT2D eigenvalue weighted by Crippen LogP contribution is -2.65. The highest BCUT2D eigenvalue weighted by atomic mass is 16.5. The van der Waals surface area contributed by atoms with Gasteiger partial charge in [0.05, 0.1) is 24.7 Å². The first-order valence-electron chi connectivity index (χ1n) is 12.9. The van der Waals surface area contributed by atoms with Crippen LogP contribution < -0.4 is 0 Å². The SMILES string of the molecule is COC(=O)C1(C)C(CC(=O)c2ccccc2)CCC2C3(C)CCC(C(C)C)OC3CCC21C. The summed E-state index contributed by atoms with van der Waals surface area (Å²) in [7, 11) is 1.50. The van der Waals surface area contributed by atoms with Crippen molar-refractivity contribution in [2.45, 2.75) is 91.8 Å². The van der Waals surface area contributed by atoms with Crippen molar-refractivity contribution in [3.8, 4) is 0 Å². The highest BCUT2D eigenvalue weighted by molar-refractivity contribution is 5.96. The van der Waals surface area contributed by atoms with Crippen molar-refractivity contribution in [3.05, 3.63) is 35.9 Å². The summed E-state index contributed by atoms with van der Waals surface area (Å²) >= 11 is 0. The largest absolute Gasteiger partial charge is 0.469 e. The molecular weight excluding hydrogens is 412 g/mol. The van der Waals surface area contributed by atoms with Crippen LogP contribution in [-0.2, 0) is 14.3 Å². The van der Waals surface area contributed by atoms with Crippen molar-refractivity contribution in [2.24, 2.45) is 34.0 Å². The lowest BCUT2D eigenvalue weighted by molar-refractivity contribution is -0.245. The molecule has 1 heterocycles. The van der Waals surface area contributed by atoms with E-state index < -0.39 is 5.41 Å². The summed E-state index contributed by atoms with van der Waals surface area (Å²) in [6.07, 6.45) is 7.03. The number of benzene rings is 1. The minimum Gasteiger partial charge on any atom is -0.469 e. The Morgan fingerprint density at radius 2 is 1.73 bits per heavy atom. The van der Waals surface area contributed by atoms with E-state index in [9.17, 15) is 9.59 Å². The molecule has 0 spiro atoms. The fourth-order valence-corrected chi connectivity index (χ4v) is 7.94. The van der Waals surface area contributed by atoms with E-state index in [1.165, 1.54) is 7.11 Å². The Labute approximate surface area is 199 Å². The van der Waals surface area contributed by atoms with Crippen LogP contribution in [0.3, 0.4) is 0 Å². The Bertz CT molecular complexity index is 879. The van der Waals surface area contributed by atoms with Gasteiger partial charge in [-0.3, -0.25) is 9.59 Å². The van der Waals surface area contributed by atoms with E-state index in [2.05, 4.69) is 34.6 Å². The quantitative estimate of drug-likeness (QED) is 0.378. The highest BCUT2D eigenvalue weighted by Crippen LogP contribution is 2.69. The molecule has 4 nitrogen and oxygen atoms in total. The second-order valence-corrected chi connectivity index (χ2v) is 11.9. The Kier molecular flexibility index (Phi) is 6.54. The molecule has 4 heteroatoms. The van der Waals surface area contributed by atoms with Crippen molar-refractivity contribution >= 4 is 11.8 Å². The summed E-state index contributed by atoms with van der Waals surface area (Å²) in [5, 5.41) is 0. The lowest BCUT2D eigenvalue weighted by Gasteiger charge is -2.66. The Morgan fingerprint density at radius 1 is 1.03 bits per heavy atom. The summed E-state index contributed by atoms with van der Waals surface area (Å²) in [6.45, 7) is 11.3. The molecule has 33 heavy (non-hydrogen) atoms. The second kappa shape index (κ2) is 8.83. The number of fused-ring (bicyclic) bond motifs is 3. The smallest absolute Gasteiger partial charge is 0.312 e. The van der Waals surface area contributed by atoms with Gasteiger partial charge in [-0.2, -0.15) is 0 Å². The first-order valence-corrected chi connectivity index (χ1v) is 12.9. The molecule has 0 aromatic heterocycles. The topological polar surface area (TPSA) is 52.6 Å². The number of carbonyl (C=O) groups is 2. The number of ketones is 1. The molecule has 182 valence electrons. The third kappa shape index (κ3) is 3.77. The van der Waals surface area contributed by atoms with Crippen LogP contribution in [0.1, 0.15) is 89.9 Å². The van der Waals surface area contributed by atoms with Gasteiger partial charge in [-0.05, 0) is 74.0 Å². The first kappa shape index (κ1) is 24.4. The molecule has 2 saturated carbocycles. The van der Waals surface area contributed by atoms with Crippen LogP contribution >= 0.6 is 0 Å². The number of hydrogen-bond donors (Lipinski definition) is 0. The molecule has 7 unspecified atom stereocenters. The van der Waals surface area contributed by atoms with Crippen molar-refractivity contribution < 1.29 is 19.1 Å². The molecule has 2 aliphatic carbocycles. The van der Waals surface area contributed by atoms with E-state index in [0.29, 0.717) is 24.4 Å². The van der Waals surface area contributed by atoms with E-state index in [0.717, 1.165) is 44.1 Å². The second-order valence-electron chi connectivity index (χ2n) is 11.9. The van der Waals surface area contributed by atoms with Gasteiger partial charge >= 0.3 is 5.97 Å². The van der Waals surface area contributed by atoms with Gasteiger partial charge in [0.15, 0.2) is 5.78 Å². The molecule has 0 radical (unpaired) electrons. The molecule has 7 atom stereocenters. The summed E-state index contributed by atoms with van der Waals surface area (Å²) in [5.41, 5.74) is -0.132. The molecule has 0 N–H and O–H groups in total. The highest BCUT2D eigenvalue weighted by Gasteiger charge is 2.67. The van der Waals surface area contributed by atoms with E-state index in [1.54, 1.807) is 0 Å². The zero-order chi connectivity index (χ0) is 24.0. The maximum atomic E-state index is 13.5. The first-order chi connectivity index (χ1) is 15.6. The number of Topliss-reactive ketones (excluding diaryl/α,β-unsaturated/α-hetero) is 1. The van der Waals surface area contributed by atoms with Gasteiger partial charge in [-0.15, -0.1) is 0 Å². The van der Waals surface area contributed by atoms with E-state index in [-0.39, 0.29) is 34.6 Å². The monoisotopic (exact) mass is 454 g/mol. The average Bonchev–Trinajstić information content (AvgIpc) is 2.80. The third-order valence-corrected chi connectivity index (χ3v) is 10.2. The molecule has 4 rings (SSSR count). The number of carbonyl (C=O) groups excluding carboxylic acids is 2. The molecule has 1 aliphatic heterocycles. The van der Waals surface area contributed by atoms with Gasteiger partial charge in [0.25, 0.3) is 0 Å². The number of rotatable bonds is 5. The zero-order valence-electron chi connectivity index (χ0n) is 21.4. The van der Waals surface area contributed by atoms with E-state index in [4.69, 9.17) is 9.47 Å².